The van der Waals surface area contributed by atoms with E-state index in [1.165, 1.54) is 6.92 Å². The maximum Gasteiger partial charge on any atom is 0.417 e. The Morgan fingerprint density at radius 2 is 2.13 bits per heavy atom. The van der Waals surface area contributed by atoms with Crippen molar-refractivity contribution in [3.63, 3.8) is 0 Å². The molecule has 0 saturated carbocycles. The standard InChI is InChI=1S/C9H6ClF3N2/c1-5(3-14)7-2-6(9(11,12)13)4-15-8(7)10/h2,4-5H,1H3. The highest BCUT2D eigenvalue weighted by Gasteiger charge is 2.32. The molecule has 1 unspecified atom stereocenters. The number of hydrogen-bond donors (Lipinski definition) is 0. The van der Waals surface area contributed by atoms with E-state index in [4.69, 9.17) is 16.9 Å². The van der Waals surface area contributed by atoms with Gasteiger partial charge in [-0.3, -0.25) is 0 Å². The molecule has 15 heavy (non-hydrogen) atoms. The lowest BCUT2D eigenvalue weighted by molar-refractivity contribution is -0.137. The van der Waals surface area contributed by atoms with Crippen LogP contribution in [0.2, 0.25) is 5.15 Å². The minimum Gasteiger partial charge on any atom is -0.244 e. The fraction of sp³-hybridized carbons (Fsp3) is 0.333. The third-order valence-electron chi connectivity index (χ3n) is 1.85. The first-order valence-corrected chi connectivity index (χ1v) is 4.36. The van der Waals surface area contributed by atoms with Crippen LogP contribution in [-0.2, 0) is 6.18 Å². The van der Waals surface area contributed by atoms with Gasteiger partial charge in [-0.15, -0.1) is 0 Å². The SMILES string of the molecule is CC(C#N)c1cc(C(F)(F)F)cnc1Cl. The van der Waals surface area contributed by atoms with E-state index < -0.39 is 17.7 Å². The van der Waals surface area contributed by atoms with E-state index >= 15 is 0 Å². The van der Waals surface area contributed by atoms with Crippen molar-refractivity contribution < 1.29 is 13.2 Å². The molecule has 1 rings (SSSR count). The number of alkyl halides is 3. The van der Waals surface area contributed by atoms with E-state index in [1.54, 1.807) is 0 Å². The molecule has 0 aliphatic carbocycles. The van der Waals surface area contributed by atoms with Crippen LogP contribution in [0.25, 0.3) is 0 Å². The van der Waals surface area contributed by atoms with E-state index in [0.29, 0.717) is 6.20 Å². The van der Waals surface area contributed by atoms with E-state index in [0.717, 1.165) is 6.07 Å². The van der Waals surface area contributed by atoms with Gasteiger partial charge < -0.3 is 0 Å². The van der Waals surface area contributed by atoms with Gasteiger partial charge in [0.25, 0.3) is 0 Å². The predicted octanol–water partition coefficient (Wildman–Crippen LogP) is 3.38. The van der Waals surface area contributed by atoms with Crippen LogP contribution in [0.3, 0.4) is 0 Å². The zero-order valence-electron chi connectivity index (χ0n) is 7.64. The summed E-state index contributed by atoms with van der Waals surface area (Å²) in [6.45, 7) is 1.46. The van der Waals surface area contributed by atoms with Crippen LogP contribution in [0.4, 0.5) is 13.2 Å². The third kappa shape index (κ3) is 2.60. The molecule has 0 N–H and O–H groups in total. The largest absolute Gasteiger partial charge is 0.417 e. The molecule has 0 amide bonds. The smallest absolute Gasteiger partial charge is 0.244 e. The zero-order chi connectivity index (χ0) is 11.6. The van der Waals surface area contributed by atoms with Gasteiger partial charge in [0, 0.05) is 11.8 Å². The maximum absolute atomic E-state index is 12.3. The van der Waals surface area contributed by atoms with Gasteiger partial charge in [0.2, 0.25) is 0 Å². The van der Waals surface area contributed by atoms with E-state index in [-0.39, 0.29) is 10.7 Å². The van der Waals surface area contributed by atoms with Gasteiger partial charge in [0.05, 0.1) is 17.6 Å². The van der Waals surface area contributed by atoms with E-state index in [1.807, 2.05) is 6.07 Å². The second-order valence-electron chi connectivity index (χ2n) is 2.95. The third-order valence-corrected chi connectivity index (χ3v) is 2.17. The lowest BCUT2D eigenvalue weighted by Crippen LogP contribution is -2.07. The maximum atomic E-state index is 12.3. The van der Waals surface area contributed by atoms with Crippen molar-refractivity contribution in [2.24, 2.45) is 0 Å². The average Bonchev–Trinajstić information content (AvgIpc) is 2.15. The number of rotatable bonds is 1. The van der Waals surface area contributed by atoms with E-state index in [9.17, 15) is 13.2 Å². The van der Waals surface area contributed by atoms with Crippen molar-refractivity contribution in [2.45, 2.75) is 19.0 Å². The Bertz CT molecular complexity index is 409. The van der Waals surface area contributed by atoms with Crippen molar-refractivity contribution in [1.82, 2.24) is 4.98 Å². The lowest BCUT2D eigenvalue weighted by atomic mass is 10.0. The second kappa shape index (κ2) is 4.07. The monoisotopic (exact) mass is 234 g/mol. The van der Waals surface area contributed by atoms with Crippen molar-refractivity contribution in [3.05, 3.63) is 28.5 Å². The molecule has 0 aromatic carbocycles. The van der Waals surface area contributed by atoms with Gasteiger partial charge in [-0.25, -0.2) is 4.98 Å². The Morgan fingerprint density at radius 3 is 2.60 bits per heavy atom. The molecule has 0 fully saturated rings. The summed E-state index contributed by atoms with van der Waals surface area (Å²) in [4.78, 5) is 3.41. The molecule has 1 heterocycles. The molecule has 2 nitrogen and oxygen atoms in total. The number of hydrogen-bond acceptors (Lipinski definition) is 2. The summed E-state index contributed by atoms with van der Waals surface area (Å²) in [5.41, 5.74) is -0.807. The minimum atomic E-state index is -4.47. The molecule has 0 spiro atoms. The van der Waals surface area contributed by atoms with Crippen LogP contribution in [0.15, 0.2) is 12.3 Å². The summed E-state index contributed by atoms with van der Waals surface area (Å²) < 4.78 is 36.9. The summed E-state index contributed by atoms with van der Waals surface area (Å²) >= 11 is 5.59. The second-order valence-corrected chi connectivity index (χ2v) is 3.31. The van der Waals surface area contributed by atoms with Gasteiger partial charge in [-0.05, 0) is 13.0 Å². The molecule has 0 radical (unpaired) electrons. The number of nitrogens with zero attached hydrogens (tertiary/aromatic N) is 2. The first-order valence-electron chi connectivity index (χ1n) is 3.98. The van der Waals surface area contributed by atoms with Gasteiger partial charge in [0.1, 0.15) is 5.15 Å². The van der Waals surface area contributed by atoms with Crippen LogP contribution in [0, 0.1) is 11.3 Å². The zero-order valence-corrected chi connectivity index (χ0v) is 8.39. The van der Waals surface area contributed by atoms with Crippen molar-refractivity contribution in [3.8, 4) is 6.07 Å². The number of pyridine rings is 1. The Labute approximate surface area is 89.3 Å². The van der Waals surface area contributed by atoms with Crippen molar-refractivity contribution in [1.29, 1.82) is 5.26 Å². The van der Waals surface area contributed by atoms with Gasteiger partial charge in [-0.1, -0.05) is 11.6 Å². The quantitative estimate of drug-likeness (QED) is 0.699. The Morgan fingerprint density at radius 1 is 1.53 bits per heavy atom. The molecule has 1 aromatic rings. The molecule has 6 heteroatoms. The molecule has 0 aliphatic rings. The molecule has 0 bridgehead atoms. The average molecular weight is 235 g/mol. The topological polar surface area (TPSA) is 36.7 Å². The molecule has 1 atom stereocenters. The van der Waals surface area contributed by atoms with Crippen LogP contribution in [0.5, 0.6) is 0 Å². The highest BCUT2D eigenvalue weighted by Crippen LogP contribution is 2.32. The molecule has 1 aromatic heterocycles. The van der Waals surface area contributed by atoms with Crippen molar-refractivity contribution in [2.75, 3.05) is 0 Å². The van der Waals surface area contributed by atoms with Crippen LogP contribution in [-0.4, -0.2) is 4.98 Å². The number of nitriles is 1. The summed E-state index contributed by atoms with van der Waals surface area (Å²) in [6, 6.07) is 2.66. The first kappa shape index (κ1) is 11.8. The van der Waals surface area contributed by atoms with E-state index in [2.05, 4.69) is 4.98 Å². The van der Waals surface area contributed by atoms with Crippen LogP contribution in [0.1, 0.15) is 24.0 Å². The van der Waals surface area contributed by atoms with Gasteiger partial charge in [-0.2, -0.15) is 18.4 Å². The molecule has 0 aliphatic heterocycles. The lowest BCUT2D eigenvalue weighted by Gasteiger charge is -2.10. The summed E-state index contributed by atoms with van der Waals surface area (Å²) in [5, 5.41) is 8.52. The van der Waals surface area contributed by atoms with Crippen LogP contribution < -0.4 is 0 Å². The first-order chi connectivity index (χ1) is 6.86. The molecule has 0 saturated heterocycles. The highest BCUT2D eigenvalue weighted by molar-refractivity contribution is 6.30. The van der Waals surface area contributed by atoms with Gasteiger partial charge in [0.15, 0.2) is 0 Å². The Balaban J connectivity index is 3.24. The molecular weight excluding hydrogens is 229 g/mol. The fourth-order valence-electron chi connectivity index (χ4n) is 0.993. The fourth-order valence-corrected chi connectivity index (χ4v) is 1.26. The number of halogens is 4. The van der Waals surface area contributed by atoms with Crippen molar-refractivity contribution >= 4 is 11.6 Å². The number of aromatic nitrogens is 1. The van der Waals surface area contributed by atoms with Gasteiger partial charge >= 0.3 is 6.18 Å². The summed E-state index contributed by atoms with van der Waals surface area (Å²) in [5.74, 6) is -0.715. The Hall–Kier alpha value is -1.28. The van der Waals surface area contributed by atoms with Crippen LogP contribution >= 0.6 is 11.6 Å². The summed E-state index contributed by atoms with van der Waals surface area (Å²) in [7, 11) is 0. The Kier molecular flexibility index (Phi) is 3.20. The minimum absolute atomic E-state index is 0.0722. The molecular formula is C9H6ClF3N2. The molecule has 80 valence electrons. The summed E-state index contributed by atoms with van der Waals surface area (Å²) in [6.07, 6.45) is -3.82. The highest BCUT2D eigenvalue weighted by atomic mass is 35.5. The normalized spacial score (nSPS) is 13.3. The predicted molar refractivity (Wildman–Crippen MR) is 48.3 cm³/mol.